The van der Waals surface area contributed by atoms with E-state index in [2.05, 4.69) is 27.8 Å². The van der Waals surface area contributed by atoms with E-state index in [4.69, 9.17) is 25.8 Å². The zero-order chi connectivity index (χ0) is 30.9. The molecule has 6 rings (SSSR count). The van der Waals surface area contributed by atoms with Crippen molar-refractivity contribution in [2.24, 2.45) is 11.8 Å². The molecule has 4 aliphatic rings. The van der Waals surface area contributed by atoms with Crippen LogP contribution < -0.4 is 14.4 Å². The average molecular weight is 643 g/mol. The van der Waals surface area contributed by atoms with Crippen LogP contribution in [0.4, 0.5) is 5.69 Å². The number of rotatable bonds is 4. The van der Waals surface area contributed by atoms with Crippen molar-refractivity contribution in [2.75, 3.05) is 44.9 Å². The van der Waals surface area contributed by atoms with Gasteiger partial charge >= 0.3 is 0 Å². The lowest BCUT2D eigenvalue weighted by molar-refractivity contribution is -0.0309. The number of aryl methyl sites for hydroxylation is 1. The molecule has 2 aliphatic carbocycles. The maximum atomic E-state index is 13.3. The molecule has 1 amide bonds. The van der Waals surface area contributed by atoms with Gasteiger partial charge in [0.25, 0.3) is 5.91 Å². The number of fused-ring (bicyclic) bond motifs is 4. The maximum absolute atomic E-state index is 13.3. The summed E-state index contributed by atoms with van der Waals surface area (Å²) < 4.78 is 46.7. The Balaban J connectivity index is 1.40. The van der Waals surface area contributed by atoms with Crippen LogP contribution in [0.5, 0.6) is 5.75 Å². The van der Waals surface area contributed by atoms with Gasteiger partial charge in [0, 0.05) is 36.2 Å². The van der Waals surface area contributed by atoms with Crippen molar-refractivity contribution in [2.45, 2.75) is 68.6 Å². The van der Waals surface area contributed by atoms with Gasteiger partial charge < -0.3 is 19.1 Å². The van der Waals surface area contributed by atoms with Crippen LogP contribution in [-0.4, -0.2) is 65.7 Å². The van der Waals surface area contributed by atoms with Gasteiger partial charge in [0.15, 0.2) is 0 Å². The van der Waals surface area contributed by atoms with E-state index < -0.39 is 21.2 Å². The average Bonchev–Trinajstić information content (AvgIpc) is 3.13. The first kappa shape index (κ1) is 31.4. The van der Waals surface area contributed by atoms with Gasteiger partial charge in [-0.25, -0.2) is 13.1 Å². The molecule has 8 nitrogen and oxygen atoms in total. The molecule has 1 saturated carbocycles. The molecule has 0 radical (unpaired) electrons. The Morgan fingerprint density at radius 2 is 2.00 bits per heavy atom. The number of carbonyl (C=O) groups excluding carboxylic acids is 1. The van der Waals surface area contributed by atoms with Crippen molar-refractivity contribution in [3.63, 3.8) is 0 Å². The number of amides is 1. The molecule has 2 bridgehead atoms. The number of ether oxygens (including phenoxy) is 3. The Labute approximate surface area is 266 Å². The number of hydrogen-bond acceptors (Lipinski definition) is 7. The number of nitrogens with one attached hydrogen (secondary N) is 1. The Morgan fingerprint density at radius 1 is 1.14 bits per heavy atom. The van der Waals surface area contributed by atoms with E-state index in [1.807, 2.05) is 24.3 Å². The summed E-state index contributed by atoms with van der Waals surface area (Å²) in [5, 5.41) is 0.0159. The number of anilines is 1. The van der Waals surface area contributed by atoms with Gasteiger partial charge in [0.2, 0.25) is 10.0 Å². The Morgan fingerprint density at radius 3 is 2.80 bits per heavy atom. The van der Waals surface area contributed by atoms with Gasteiger partial charge in [-0.15, -0.1) is 0 Å². The first-order valence-corrected chi connectivity index (χ1v) is 17.8. The molecule has 238 valence electrons. The first-order valence-electron chi connectivity index (χ1n) is 15.8. The van der Waals surface area contributed by atoms with Crippen LogP contribution in [0.25, 0.3) is 0 Å². The Bertz CT molecular complexity index is 1510. The molecule has 2 aromatic carbocycles. The van der Waals surface area contributed by atoms with Crippen LogP contribution in [0.1, 0.15) is 66.9 Å². The number of methoxy groups -OCH3 is 1. The van der Waals surface area contributed by atoms with Gasteiger partial charge in [-0.3, -0.25) is 4.79 Å². The van der Waals surface area contributed by atoms with Crippen LogP contribution in [0.2, 0.25) is 5.02 Å². The van der Waals surface area contributed by atoms with Gasteiger partial charge in [-0.1, -0.05) is 29.8 Å². The van der Waals surface area contributed by atoms with Crippen molar-refractivity contribution in [1.29, 1.82) is 0 Å². The smallest absolute Gasteiger partial charge is 0.264 e. The molecular weight excluding hydrogens is 600 g/mol. The monoisotopic (exact) mass is 642 g/mol. The molecule has 0 saturated heterocycles. The van der Waals surface area contributed by atoms with Crippen molar-refractivity contribution in [3.8, 4) is 5.75 Å². The minimum Gasteiger partial charge on any atom is -0.490 e. The van der Waals surface area contributed by atoms with Gasteiger partial charge in [0.1, 0.15) is 5.75 Å². The minimum absolute atomic E-state index is 0.0797. The number of halogens is 1. The van der Waals surface area contributed by atoms with E-state index in [1.165, 1.54) is 11.1 Å². The molecule has 2 heterocycles. The lowest BCUT2D eigenvalue weighted by atomic mass is 9.68. The van der Waals surface area contributed by atoms with Gasteiger partial charge in [-0.2, -0.15) is 0 Å². The molecule has 44 heavy (non-hydrogen) atoms. The van der Waals surface area contributed by atoms with Crippen LogP contribution in [-0.2, 0) is 31.3 Å². The van der Waals surface area contributed by atoms with Crippen LogP contribution in [0.15, 0.2) is 48.6 Å². The number of nitrogens with zero attached hydrogens (tertiary/aromatic N) is 1. The molecule has 1 fully saturated rings. The molecule has 10 heteroatoms. The minimum atomic E-state index is -3.86. The van der Waals surface area contributed by atoms with E-state index in [1.54, 1.807) is 20.1 Å². The number of allylic oxidation sites excluding steroid dienone is 1. The zero-order valence-electron chi connectivity index (χ0n) is 25.6. The third kappa shape index (κ3) is 6.39. The van der Waals surface area contributed by atoms with E-state index in [0.29, 0.717) is 55.8 Å². The topological polar surface area (TPSA) is 94.2 Å². The highest BCUT2D eigenvalue weighted by atomic mass is 35.5. The lowest BCUT2D eigenvalue weighted by Crippen LogP contribution is -2.49. The van der Waals surface area contributed by atoms with E-state index in [9.17, 15) is 13.2 Å². The number of benzene rings is 2. The number of carbonyl (C=O) groups is 1. The third-order valence-electron chi connectivity index (χ3n) is 10.1. The van der Waals surface area contributed by atoms with Crippen LogP contribution >= 0.6 is 11.6 Å². The predicted molar refractivity (Wildman–Crippen MR) is 172 cm³/mol. The fourth-order valence-electron chi connectivity index (χ4n) is 7.39. The van der Waals surface area contributed by atoms with E-state index in [-0.39, 0.29) is 11.5 Å². The molecule has 2 aromatic rings. The zero-order valence-corrected chi connectivity index (χ0v) is 27.2. The number of sulfonamides is 1. The summed E-state index contributed by atoms with van der Waals surface area (Å²) >= 11 is 6.42. The van der Waals surface area contributed by atoms with Crippen LogP contribution in [0, 0.1) is 11.8 Å². The molecule has 1 spiro atoms. The Hall–Kier alpha value is -2.59. The normalized spacial score (nSPS) is 30.6. The second-order valence-electron chi connectivity index (χ2n) is 12.9. The van der Waals surface area contributed by atoms with Crippen molar-refractivity contribution >= 4 is 33.2 Å². The molecular formula is C34H43ClN2O6S. The number of hydrogen-bond donors (Lipinski definition) is 1. The second-order valence-corrected chi connectivity index (χ2v) is 15.4. The standard InChI is InChI=1S/C34H43ClN2O6S/c1-23-6-3-4-8-31(42-17-16-41-2)28-12-9-26(28)20-37-21-34(15-5-7-24-18-27(35)11-13-29(24)34)22-43-32-14-10-25(19-30(32)37)33(38)36-44(23,39)40/h4,8,10-11,13-14,18-19,23,26,28,31H,3,5-7,9,12,15-17,20-22H2,1-2H3,(H,36,38)/b8-4+/t23-,26+,28-,31+,34+/m1/s1. The van der Waals surface area contributed by atoms with Crippen LogP contribution in [0.3, 0.4) is 0 Å². The highest BCUT2D eigenvalue weighted by Gasteiger charge is 2.44. The lowest BCUT2D eigenvalue weighted by Gasteiger charge is -2.46. The fraction of sp³-hybridized carbons (Fsp3) is 0.559. The summed E-state index contributed by atoms with van der Waals surface area (Å²) in [4.78, 5) is 15.7. The largest absolute Gasteiger partial charge is 0.490 e. The molecule has 1 N–H and O–H groups in total. The summed E-state index contributed by atoms with van der Waals surface area (Å²) in [6.07, 6.45) is 10.2. The predicted octanol–water partition coefficient (Wildman–Crippen LogP) is 5.67. The van der Waals surface area contributed by atoms with Gasteiger partial charge in [0.05, 0.1) is 36.9 Å². The highest BCUT2D eigenvalue weighted by Crippen LogP contribution is 2.47. The quantitative estimate of drug-likeness (QED) is 0.339. The molecule has 5 atom stereocenters. The van der Waals surface area contributed by atoms with Crippen molar-refractivity contribution in [1.82, 2.24) is 4.72 Å². The maximum Gasteiger partial charge on any atom is 0.264 e. The first-order chi connectivity index (χ1) is 21.2. The van der Waals surface area contributed by atoms with Gasteiger partial charge in [-0.05, 0) is 105 Å². The summed E-state index contributed by atoms with van der Waals surface area (Å²) in [7, 11) is -2.19. The summed E-state index contributed by atoms with van der Waals surface area (Å²) in [5.41, 5.74) is 3.43. The summed E-state index contributed by atoms with van der Waals surface area (Å²) in [6, 6.07) is 11.5. The molecule has 0 aromatic heterocycles. The van der Waals surface area contributed by atoms with Crippen molar-refractivity contribution in [3.05, 3.63) is 70.3 Å². The van der Waals surface area contributed by atoms with E-state index >= 15 is 0 Å². The highest BCUT2D eigenvalue weighted by molar-refractivity contribution is 7.90. The SMILES string of the molecule is COCCO[C@H]1/C=C/CC[C@@H](C)S(=O)(=O)NC(=O)c2ccc3c(c2)N(C[C@@H]2CC[C@H]21)C[C@@]1(CCCc2cc(Cl)ccc21)CO3. The summed E-state index contributed by atoms with van der Waals surface area (Å²) in [5.74, 6) is 0.797. The molecule has 0 unspecified atom stereocenters. The summed E-state index contributed by atoms with van der Waals surface area (Å²) in [6.45, 7) is 4.68. The second kappa shape index (κ2) is 13.0. The third-order valence-corrected chi connectivity index (χ3v) is 12.1. The fourth-order valence-corrected chi connectivity index (χ4v) is 8.61. The van der Waals surface area contributed by atoms with E-state index in [0.717, 1.165) is 55.9 Å². The van der Waals surface area contributed by atoms with Crippen molar-refractivity contribution < 1.29 is 27.4 Å². The Kier molecular flexibility index (Phi) is 9.30. The molecule has 2 aliphatic heterocycles.